The lowest BCUT2D eigenvalue weighted by atomic mass is 10.1. The van der Waals surface area contributed by atoms with Crippen LogP contribution < -0.4 is 5.63 Å². The zero-order chi connectivity index (χ0) is 19.3. The van der Waals surface area contributed by atoms with Gasteiger partial charge in [0.25, 0.3) is 0 Å². The molecule has 3 aliphatic heterocycles. The van der Waals surface area contributed by atoms with Crippen molar-refractivity contribution in [2.45, 2.75) is 32.0 Å². The first-order chi connectivity index (χ1) is 13.7. The molecule has 0 aliphatic carbocycles. The first kappa shape index (κ1) is 19.8. The summed E-state index contributed by atoms with van der Waals surface area (Å²) in [6.07, 6.45) is 3.61. The van der Waals surface area contributed by atoms with Crippen LogP contribution in [0.2, 0.25) is 0 Å². The van der Waals surface area contributed by atoms with E-state index in [1.807, 2.05) is 0 Å². The van der Waals surface area contributed by atoms with Gasteiger partial charge in [-0.2, -0.15) is 0 Å². The first-order valence-corrected chi connectivity index (χ1v) is 10.4. The number of nitrogens with zero attached hydrogens (tertiary/aromatic N) is 3. The molecule has 3 aliphatic rings. The standard InChI is InChI=1S/C20H31N3O5/c24-19-16(13-22-7-11-27-12-8-22)15-28-20(25)18(19)14-21-3-5-23(6-4-21)17-1-9-26-10-2-17/h15,17,24H,1-14H2. The van der Waals surface area contributed by atoms with Gasteiger partial charge in [-0.05, 0) is 12.8 Å². The minimum absolute atomic E-state index is 0.0922. The topological polar surface area (TPSA) is 78.6 Å². The van der Waals surface area contributed by atoms with E-state index in [0.717, 1.165) is 65.3 Å². The summed E-state index contributed by atoms with van der Waals surface area (Å²) in [4.78, 5) is 19.2. The number of hydrogen-bond donors (Lipinski definition) is 1. The molecule has 3 saturated heterocycles. The molecule has 1 aromatic heterocycles. The molecule has 4 heterocycles. The van der Waals surface area contributed by atoms with Crippen LogP contribution in [0.15, 0.2) is 15.5 Å². The van der Waals surface area contributed by atoms with Gasteiger partial charge in [-0.3, -0.25) is 14.7 Å². The highest BCUT2D eigenvalue weighted by Crippen LogP contribution is 2.24. The number of rotatable bonds is 5. The van der Waals surface area contributed by atoms with Crippen LogP contribution in [0.3, 0.4) is 0 Å². The molecule has 4 rings (SSSR count). The molecule has 0 radical (unpaired) electrons. The highest BCUT2D eigenvalue weighted by Gasteiger charge is 2.27. The molecule has 0 amide bonds. The summed E-state index contributed by atoms with van der Waals surface area (Å²) in [6, 6.07) is 0.617. The summed E-state index contributed by atoms with van der Waals surface area (Å²) in [5.74, 6) is 0.0922. The van der Waals surface area contributed by atoms with E-state index in [9.17, 15) is 9.90 Å². The van der Waals surface area contributed by atoms with Gasteiger partial charge in [-0.25, -0.2) is 4.79 Å². The minimum atomic E-state index is -0.435. The summed E-state index contributed by atoms with van der Waals surface area (Å²) in [5.41, 5.74) is 0.623. The van der Waals surface area contributed by atoms with Gasteiger partial charge in [-0.15, -0.1) is 0 Å². The van der Waals surface area contributed by atoms with E-state index < -0.39 is 5.63 Å². The second-order valence-electron chi connectivity index (χ2n) is 7.92. The van der Waals surface area contributed by atoms with Crippen LogP contribution in [0.25, 0.3) is 0 Å². The number of piperazine rings is 1. The maximum Gasteiger partial charge on any atom is 0.343 e. The van der Waals surface area contributed by atoms with E-state index in [1.54, 1.807) is 0 Å². The van der Waals surface area contributed by atoms with Crippen LogP contribution in [0, 0.1) is 0 Å². The zero-order valence-corrected chi connectivity index (χ0v) is 16.5. The SMILES string of the molecule is O=c1occ(CN2CCOCC2)c(O)c1CN1CCN(C2CCOCC2)CC1. The maximum absolute atomic E-state index is 12.3. The maximum atomic E-state index is 12.3. The van der Waals surface area contributed by atoms with Crippen molar-refractivity contribution in [3.63, 3.8) is 0 Å². The Bertz CT molecular complexity index is 690. The Balaban J connectivity index is 1.36. The van der Waals surface area contributed by atoms with E-state index in [0.29, 0.717) is 43.5 Å². The van der Waals surface area contributed by atoms with E-state index in [-0.39, 0.29) is 5.75 Å². The van der Waals surface area contributed by atoms with E-state index >= 15 is 0 Å². The molecule has 156 valence electrons. The normalized spacial score (nSPS) is 23.9. The average molecular weight is 393 g/mol. The molecule has 8 nitrogen and oxygen atoms in total. The lowest BCUT2D eigenvalue weighted by Crippen LogP contribution is -2.51. The van der Waals surface area contributed by atoms with Crippen LogP contribution >= 0.6 is 0 Å². The van der Waals surface area contributed by atoms with Gasteiger partial charge < -0.3 is 19.0 Å². The van der Waals surface area contributed by atoms with Gasteiger partial charge in [0.1, 0.15) is 12.0 Å². The van der Waals surface area contributed by atoms with Crippen molar-refractivity contribution in [1.82, 2.24) is 14.7 Å². The predicted octanol–water partition coefficient (Wildman–Crippen LogP) is 0.474. The Morgan fingerprint density at radius 3 is 2.25 bits per heavy atom. The summed E-state index contributed by atoms with van der Waals surface area (Å²) in [7, 11) is 0. The monoisotopic (exact) mass is 393 g/mol. The molecule has 28 heavy (non-hydrogen) atoms. The molecule has 3 fully saturated rings. The summed E-state index contributed by atoms with van der Waals surface area (Å²) in [6.45, 7) is 9.53. The third-order valence-electron chi connectivity index (χ3n) is 6.14. The molecule has 0 bridgehead atoms. The molecule has 0 saturated carbocycles. The van der Waals surface area contributed by atoms with E-state index in [4.69, 9.17) is 13.9 Å². The first-order valence-electron chi connectivity index (χ1n) is 10.4. The highest BCUT2D eigenvalue weighted by atomic mass is 16.5. The Labute approximate surface area is 165 Å². The number of hydrogen-bond acceptors (Lipinski definition) is 8. The minimum Gasteiger partial charge on any atom is -0.507 e. The van der Waals surface area contributed by atoms with Crippen LogP contribution in [0.1, 0.15) is 24.0 Å². The van der Waals surface area contributed by atoms with Crippen LogP contribution in [-0.2, 0) is 22.6 Å². The molecule has 8 heteroatoms. The summed E-state index contributed by atoms with van der Waals surface area (Å²) >= 11 is 0. The van der Waals surface area contributed by atoms with E-state index in [1.165, 1.54) is 6.26 Å². The smallest absolute Gasteiger partial charge is 0.343 e. The quantitative estimate of drug-likeness (QED) is 0.774. The second-order valence-corrected chi connectivity index (χ2v) is 7.92. The van der Waals surface area contributed by atoms with Crippen molar-refractivity contribution < 1.29 is 19.0 Å². The van der Waals surface area contributed by atoms with Gasteiger partial charge >= 0.3 is 5.63 Å². The van der Waals surface area contributed by atoms with Crippen LogP contribution in [0.5, 0.6) is 5.75 Å². The third kappa shape index (κ3) is 4.75. The lowest BCUT2D eigenvalue weighted by Gasteiger charge is -2.40. The van der Waals surface area contributed by atoms with Crippen molar-refractivity contribution in [2.75, 3.05) is 65.7 Å². The Morgan fingerprint density at radius 2 is 1.54 bits per heavy atom. The number of morpholine rings is 1. The summed E-state index contributed by atoms with van der Waals surface area (Å²) < 4.78 is 16.1. The van der Waals surface area contributed by atoms with Crippen molar-refractivity contribution in [3.05, 3.63) is 27.8 Å². The Hall–Kier alpha value is -1.45. The molecular formula is C20H31N3O5. The summed E-state index contributed by atoms with van der Waals surface area (Å²) in [5, 5.41) is 10.7. The molecule has 0 atom stereocenters. The molecule has 0 spiro atoms. The largest absolute Gasteiger partial charge is 0.507 e. The Kier molecular flexibility index (Phi) is 6.64. The van der Waals surface area contributed by atoms with Gasteiger partial charge in [-0.1, -0.05) is 0 Å². The molecule has 0 aromatic carbocycles. The number of ether oxygens (including phenoxy) is 2. The van der Waals surface area contributed by atoms with Gasteiger partial charge in [0.15, 0.2) is 0 Å². The van der Waals surface area contributed by atoms with Crippen molar-refractivity contribution in [2.24, 2.45) is 0 Å². The van der Waals surface area contributed by atoms with Crippen molar-refractivity contribution in [3.8, 4) is 5.75 Å². The van der Waals surface area contributed by atoms with Gasteiger partial charge in [0, 0.05) is 77.2 Å². The lowest BCUT2D eigenvalue weighted by molar-refractivity contribution is 0.0123. The van der Waals surface area contributed by atoms with Crippen LogP contribution in [-0.4, -0.2) is 91.5 Å². The van der Waals surface area contributed by atoms with Gasteiger partial charge in [0.05, 0.1) is 18.8 Å². The fraction of sp³-hybridized carbons (Fsp3) is 0.750. The van der Waals surface area contributed by atoms with Gasteiger partial charge in [0.2, 0.25) is 0 Å². The molecule has 1 aromatic rings. The second kappa shape index (κ2) is 9.37. The van der Waals surface area contributed by atoms with Crippen molar-refractivity contribution >= 4 is 0 Å². The fourth-order valence-corrected chi connectivity index (χ4v) is 4.35. The zero-order valence-electron chi connectivity index (χ0n) is 16.5. The predicted molar refractivity (Wildman–Crippen MR) is 103 cm³/mol. The van der Waals surface area contributed by atoms with E-state index in [2.05, 4.69) is 14.7 Å². The Morgan fingerprint density at radius 1 is 0.893 bits per heavy atom. The molecule has 1 N–H and O–H groups in total. The van der Waals surface area contributed by atoms with Crippen LogP contribution in [0.4, 0.5) is 0 Å². The van der Waals surface area contributed by atoms with Crippen molar-refractivity contribution in [1.29, 1.82) is 0 Å². The average Bonchev–Trinajstić information content (AvgIpc) is 2.75. The fourth-order valence-electron chi connectivity index (χ4n) is 4.35. The molecular weight excluding hydrogens is 362 g/mol. The molecule has 0 unspecified atom stereocenters. The highest BCUT2D eigenvalue weighted by molar-refractivity contribution is 5.36. The number of aromatic hydroxyl groups is 1. The third-order valence-corrected chi connectivity index (χ3v) is 6.14.